The minimum Gasteiger partial charge on any atom is -0.330 e. The molecule has 0 saturated heterocycles. The van der Waals surface area contributed by atoms with E-state index < -0.39 is 0 Å². The molecule has 2 rings (SSSR count). The first-order valence-corrected chi connectivity index (χ1v) is 6.58. The van der Waals surface area contributed by atoms with Crippen molar-refractivity contribution in [2.24, 2.45) is 5.73 Å². The lowest BCUT2D eigenvalue weighted by Gasteiger charge is -2.22. The molecule has 2 heterocycles. The molecule has 0 aliphatic rings. The van der Waals surface area contributed by atoms with Crippen LogP contribution in [0.3, 0.4) is 0 Å². The van der Waals surface area contributed by atoms with Crippen LogP contribution in [0.2, 0.25) is 0 Å². The molecular weight excluding hydrogens is 236 g/mol. The quantitative estimate of drug-likeness (QED) is 0.821. The third-order valence-corrected chi connectivity index (χ3v) is 2.94. The van der Waals surface area contributed by atoms with Crippen molar-refractivity contribution in [1.82, 2.24) is 14.9 Å². The van der Waals surface area contributed by atoms with Gasteiger partial charge < -0.3 is 5.73 Å². The van der Waals surface area contributed by atoms with E-state index in [-0.39, 0.29) is 0 Å². The normalized spacial score (nSPS) is 10.8. The van der Waals surface area contributed by atoms with Crippen LogP contribution in [0.15, 0.2) is 49.1 Å². The minimum atomic E-state index is 0.719. The fraction of sp³-hybridized carbons (Fsp3) is 0.333. The van der Waals surface area contributed by atoms with Gasteiger partial charge in [-0.2, -0.15) is 0 Å². The Morgan fingerprint density at radius 3 is 1.95 bits per heavy atom. The maximum absolute atomic E-state index is 5.61. The van der Waals surface area contributed by atoms with Gasteiger partial charge in [-0.05, 0) is 36.2 Å². The van der Waals surface area contributed by atoms with Crippen LogP contribution in [-0.2, 0) is 13.1 Å². The fourth-order valence-corrected chi connectivity index (χ4v) is 2.03. The maximum atomic E-state index is 5.61. The third kappa shape index (κ3) is 4.77. The Bertz CT molecular complexity index is 417. The highest BCUT2D eigenvalue weighted by molar-refractivity contribution is 5.11. The van der Waals surface area contributed by atoms with E-state index in [1.165, 1.54) is 11.1 Å². The third-order valence-electron chi connectivity index (χ3n) is 2.94. The molecule has 0 atom stereocenters. The average molecular weight is 256 g/mol. The van der Waals surface area contributed by atoms with Crippen LogP contribution in [0, 0.1) is 0 Å². The predicted molar refractivity (Wildman–Crippen MR) is 76.3 cm³/mol. The highest BCUT2D eigenvalue weighted by Gasteiger charge is 2.06. The van der Waals surface area contributed by atoms with Gasteiger partial charge >= 0.3 is 0 Å². The Morgan fingerprint density at radius 2 is 1.53 bits per heavy atom. The Kier molecular flexibility index (Phi) is 5.47. The van der Waals surface area contributed by atoms with Crippen LogP contribution in [0.1, 0.15) is 17.5 Å². The van der Waals surface area contributed by atoms with Gasteiger partial charge in [0.25, 0.3) is 0 Å². The van der Waals surface area contributed by atoms with Gasteiger partial charge in [0.2, 0.25) is 0 Å². The largest absolute Gasteiger partial charge is 0.330 e. The summed E-state index contributed by atoms with van der Waals surface area (Å²) in [6.07, 6.45) is 8.43. The lowest BCUT2D eigenvalue weighted by atomic mass is 10.2. The lowest BCUT2D eigenvalue weighted by molar-refractivity contribution is 0.254. The molecule has 100 valence electrons. The molecule has 0 fully saturated rings. The Morgan fingerprint density at radius 1 is 0.947 bits per heavy atom. The van der Waals surface area contributed by atoms with Crippen LogP contribution in [0.25, 0.3) is 0 Å². The summed E-state index contributed by atoms with van der Waals surface area (Å²) in [7, 11) is 0. The molecule has 2 aromatic rings. The van der Waals surface area contributed by atoms with Crippen molar-refractivity contribution in [3.8, 4) is 0 Å². The van der Waals surface area contributed by atoms with Crippen LogP contribution < -0.4 is 5.73 Å². The number of hydrogen-bond donors (Lipinski definition) is 1. The van der Waals surface area contributed by atoms with Crippen molar-refractivity contribution < 1.29 is 0 Å². The van der Waals surface area contributed by atoms with Gasteiger partial charge in [0.1, 0.15) is 0 Å². The highest BCUT2D eigenvalue weighted by atomic mass is 15.1. The molecule has 0 aliphatic heterocycles. The standard InChI is InChI=1S/C15H20N4/c16-6-3-9-19(12-14-4-1-7-17-10-14)13-15-5-2-8-18-11-15/h1-2,4-5,7-8,10-11H,3,6,9,12-13,16H2. The number of nitrogens with two attached hydrogens (primary N) is 1. The molecule has 2 aromatic heterocycles. The van der Waals surface area contributed by atoms with Crippen molar-refractivity contribution in [1.29, 1.82) is 0 Å². The monoisotopic (exact) mass is 256 g/mol. The predicted octanol–water partition coefficient (Wildman–Crippen LogP) is 1.83. The summed E-state index contributed by atoms with van der Waals surface area (Å²) in [6, 6.07) is 8.15. The molecule has 4 heteroatoms. The van der Waals surface area contributed by atoms with E-state index in [0.717, 1.165) is 32.6 Å². The van der Waals surface area contributed by atoms with Crippen molar-refractivity contribution in [2.45, 2.75) is 19.5 Å². The molecule has 19 heavy (non-hydrogen) atoms. The van der Waals surface area contributed by atoms with E-state index in [0.29, 0.717) is 0 Å². The maximum Gasteiger partial charge on any atom is 0.0312 e. The summed E-state index contributed by atoms with van der Waals surface area (Å²) in [4.78, 5) is 10.7. The average Bonchev–Trinajstić information content (AvgIpc) is 2.47. The molecular formula is C15H20N4. The molecule has 0 saturated carbocycles. The Hall–Kier alpha value is -1.78. The zero-order chi connectivity index (χ0) is 13.3. The summed E-state index contributed by atoms with van der Waals surface area (Å²) in [6.45, 7) is 3.49. The van der Waals surface area contributed by atoms with E-state index in [2.05, 4.69) is 27.0 Å². The van der Waals surface area contributed by atoms with E-state index in [1.54, 1.807) is 12.4 Å². The second-order valence-electron chi connectivity index (χ2n) is 4.58. The first-order chi connectivity index (χ1) is 9.38. The van der Waals surface area contributed by atoms with E-state index in [9.17, 15) is 0 Å². The van der Waals surface area contributed by atoms with Gasteiger partial charge in [-0.1, -0.05) is 12.1 Å². The lowest BCUT2D eigenvalue weighted by Crippen LogP contribution is -2.25. The van der Waals surface area contributed by atoms with Crippen molar-refractivity contribution >= 4 is 0 Å². The molecule has 2 N–H and O–H groups in total. The number of rotatable bonds is 7. The smallest absolute Gasteiger partial charge is 0.0312 e. The van der Waals surface area contributed by atoms with Crippen LogP contribution >= 0.6 is 0 Å². The molecule has 0 unspecified atom stereocenters. The molecule has 0 spiro atoms. The van der Waals surface area contributed by atoms with Gasteiger partial charge in [0.15, 0.2) is 0 Å². The van der Waals surface area contributed by atoms with Gasteiger partial charge in [0.05, 0.1) is 0 Å². The first-order valence-electron chi connectivity index (χ1n) is 6.58. The number of nitrogens with zero attached hydrogens (tertiary/aromatic N) is 3. The zero-order valence-corrected chi connectivity index (χ0v) is 11.1. The van der Waals surface area contributed by atoms with Gasteiger partial charge in [-0.15, -0.1) is 0 Å². The van der Waals surface area contributed by atoms with Crippen molar-refractivity contribution in [3.63, 3.8) is 0 Å². The molecule has 0 bridgehead atoms. The van der Waals surface area contributed by atoms with Crippen LogP contribution in [0.4, 0.5) is 0 Å². The summed E-state index contributed by atoms with van der Waals surface area (Å²) in [5, 5.41) is 0. The summed E-state index contributed by atoms with van der Waals surface area (Å²) >= 11 is 0. The van der Waals surface area contributed by atoms with Gasteiger partial charge in [-0.25, -0.2) is 0 Å². The van der Waals surface area contributed by atoms with Gasteiger partial charge in [0, 0.05) is 44.4 Å². The summed E-state index contributed by atoms with van der Waals surface area (Å²) in [5.41, 5.74) is 8.06. The molecule has 4 nitrogen and oxygen atoms in total. The first kappa shape index (κ1) is 13.6. The van der Waals surface area contributed by atoms with E-state index in [1.807, 2.05) is 24.5 Å². The molecule has 0 radical (unpaired) electrons. The Labute approximate surface area is 114 Å². The molecule has 0 aliphatic carbocycles. The second-order valence-corrected chi connectivity index (χ2v) is 4.58. The molecule has 0 amide bonds. The van der Waals surface area contributed by atoms with Gasteiger partial charge in [-0.3, -0.25) is 14.9 Å². The second kappa shape index (κ2) is 7.61. The van der Waals surface area contributed by atoms with Crippen molar-refractivity contribution in [2.75, 3.05) is 13.1 Å². The minimum absolute atomic E-state index is 0.719. The van der Waals surface area contributed by atoms with Crippen molar-refractivity contribution in [3.05, 3.63) is 60.2 Å². The summed E-state index contributed by atoms with van der Waals surface area (Å²) < 4.78 is 0. The molecule has 0 aromatic carbocycles. The van der Waals surface area contributed by atoms with E-state index >= 15 is 0 Å². The van der Waals surface area contributed by atoms with Crippen LogP contribution in [0.5, 0.6) is 0 Å². The number of aromatic nitrogens is 2. The fourth-order valence-electron chi connectivity index (χ4n) is 2.03. The number of hydrogen-bond acceptors (Lipinski definition) is 4. The highest BCUT2D eigenvalue weighted by Crippen LogP contribution is 2.08. The zero-order valence-electron chi connectivity index (χ0n) is 11.1. The van der Waals surface area contributed by atoms with E-state index in [4.69, 9.17) is 5.73 Å². The Balaban J connectivity index is 1.99. The van der Waals surface area contributed by atoms with Crippen LogP contribution in [-0.4, -0.2) is 28.0 Å². The number of pyridine rings is 2. The topological polar surface area (TPSA) is 55.0 Å². The summed E-state index contributed by atoms with van der Waals surface area (Å²) in [5.74, 6) is 0. The SMILES string of the molecule is NCCCN(Cc1cccnc1)Cc1cccnc1.